The van der Waals surface area contributed by atoms with E-state index < -0.39 is 0 Å². The molecule has 1 N–H and O–H groups in total. The van der Waals surface area contributed by atoms with Gasteiger partial charge in [0.1, 0.15) is 0 Å². The van der Waals surface area contributed by atoms with E-state index in [9.17, 15) is 0 Å². The van der Waals surface area contributed by atoms with Crippen LogP contribution in [0.15, 0.2) is 0 Å². The van der Waals surface area contributed by atoms with Crippen molar-refractivity contribution < 1.29 is 4.74 Å². The van der Waals surface area contributed by atoms with E-state index in [0.717, 1.165) is 26.2 Å². The normalized spacial score (nSPS) is 34.1. The van der Waals surface area contributed by atoms with E-state index in [1.807, 2.05) is 0 Å². The SMILES string of the molecule is CCCCN1CCO[C@H]2CCNC[C@@H]21. The molecule has 0 aromatic carbocycles. The zero-order valence-corrected chi connectivity index (χ0v) is 9.17. The van der Waals surface area contributed by atoms with E-state index in [0.29, 0.717) is 12.1 Å². The van der Waals surface area contributed by atoms with Crippen molar-refractivity contribution in [2.24, 2.45) is 0 Å². The number of piperidine rings is 1. The van der Waals surface area contributed by atoms with Gasteiger partial charge in [-0.3, -0.25) is 4.90 Å². The summed E-state index contributed by atoms with van der Waals surface area (Å²) in [7, 11) is 0. The lowest BCUT2D eigenvalue weighted by molar-refractivity contribution is -0.0824. The average molecular weight is 198 g/mol. The monoisotopic (exact) mass is 198 g/mol. The van der Waals surface area contributed by atoms with E-state index in [-0.39, 0.29) is 0 Å². The number of hydrogen-bond donors (Lipinski definition) is 1. The highest BCUT2D eigenvalue weighted by Crippen LogP contribution is 2.19. The summed E-state index contributed by atoms with van der Waals surface area (Å²) in [5.74, 6) is 0. The second-order valence-corrected chi connectivity index (χ2v) is 4.36. The third-order valence-electron chi connectivity index (χ3n) is 3.37. The molecule has 0 saturated carbocycles. The highest BCUT2D eigenvalue weighted by molar-refractivity contribution is 4.89. The first-order valence-corrected chi connectivity index (χ1v) is 5.98. The van der Waals surface area contributed by atoms with E-state index >= 15 is 0 Å². The van der Waals surface area contributed by atoms with Gasteiger partial charge < -0.3 is 10.1 Å². The lowest BCUT2D eigenvalue weighted by Gasteiger charge is -2.44. The second-order valence-electron chi connectivity index (χ2n) is 4.36. The molecule has 0 amide bonds. The zero-order valence-electron chi connectivity index (χ0n) is 9.17. The van der Waals surface area contributed by atoms with Gasteiger partial charge in [-0.1, -0.05) is 13.3 Å². The molecule has 2 aliphatic rings. The summed E-state index contributed by atoms with van der Waals surface area (Å²) in [6.45, 7) is 7.82. The minimum absolute atomic E-state index is 0.502. The quantitative estimate of drug-likeness (QED) is 0.727. The number of nitrogens with zero attached hydrogens (tertiary/aromatic N) is 1. The fourth-order valence-electron chi connectivity index (χ4n) is 2.50. The van der Waals surface area contributed by atoms with Crippen LogP contribution in [0.3, 0.4) is 0 Å². The van der Waals surface area contributed by atoms with Gasteiger partial charge in [-0.2, -0.15) is 0 Å². The van der Waals surface area contributed by atoms with E-state index in [4.69, 9.17) is 4.74 Å². The predicted octanol–water partition coefficient (Wildman–Crippen LogP) is 0.849. The Morgan fingerprint density at radius 3 is 3.29 bits per heavy atom. The maximum atomic E-state index is 5.81. The topological polar surface area (TPSA) is 24.5 Å². The second kappa shape index (κ2) is 5.10. The summed E-state index contributed by atoms with van der Waals surface area (Å²) in [6.07, 6.45) is 4.31. The molecule has 2 atom stereocenters. The van der Waals surface area contributed by atoms with Gasteiger partial charge >= 0.3 is 0 Å². The highest BCUT2D eigenvalue weighted by Gasteiger charge is 2.33. The van der Waals surface area contributed by atoms with Crippen molar-refractivity contribution in [3.05, 3.63) is 0 Å². The number of hydrogen-bond acceptors (Lipinski definition) is 3. The van der Waals surface area contributed by atoms with E-state index in [1.165, 1.54) is 25.8 Å². The van der Waals surface area contributed by atoms with E-state index in [2.05, 4.69) is 17.1 Å². The number of unbranched alkanes of at least 4 members (excludes halogenated alkanes) is 1. The zero-order chi connectivity index (χ0) is 9.80. The fraction of sp³-hybridized carbons (Fsp3) is 1.00. The molecule has 0 aromatic rings. The number of ether oxygens (including phenoxy) is 1. The largest absolute Gasteiger partial charge is 0.375 e. The molecule has 0 spiro atoms. The molecule has 2 fully saturated rings. The van der Waals surface area contributed by atoms with Gasteiger partial charge in [0.2, 0.25) is 0 Å². The summed E-state index contributed by atoms with van der Waals surface area (Å²) >= 11 is 0. The predicted molar refractivity (Wildman–Crippen MR) is 57.5 cm³/mol. The van der Waals surface area contributed by atoms with Crippen LogP contribution in [0.2, 0.25) is 0 Å². The molecule has 3 heteroatoms. The summed E-state index contributed by atoms with van der Waals surface area (Å²) in [6, 6.07) is 0.643. The third-order valence-corrected chi connectivity index (χ3v) is 3.37. The number of morpholine rings is 1. The molecule has 3 nitrogen and oxygen atoms in total. The van der Waals surface area contributed by atoms with Crippen LogP contribution in [0.25, 0.3) is 0 Å². The molecule has 2 aliphatic heterocycles. The Kier molecular flexibility index (Phi) is 3.79. The van der Waals surface area contributed by atoms with Crippen LogP contribution in [0.4, 0.5) is 0 Å². The van der Waals surface area contributed by atoms with Crippen LogP contribution >= 0.6 is 0 Å². The Morgan fingerprint density at radius 1 is 1.50 bits per heavy atom. The molecule has 14 heavy (non-hydrogen) atoms. The number of nitrogens with one attached hydrogen (secondary N) is 1. The standard InChI is InChI=1S/C11H22N2O/c1-2-3-6-13-7-8-14-11-4-5-12-9-10(11)13/h10-12H,2-9H2,1H3/t10-,11-/m0/s1. The fourth-order valence-corrected chi connectivity index (χ4v) is 2.50. The van der Waals surface area contributed by atoms with Gasteiger partial charge in [0.05, 0.1) is 12.7 Å². The van der Waals surface area contributed by atoms with Gasteiger partial charge in [-0.25, -0.2) is 0 Å². The first-order chi connectivity index (χ1) is 6.92. The van der Waals surface area contributed by atoms with Crippen LogP contribution in [-0.4, -0.2) is 49.8 Å². The molecule has 2 rings (SSSR count). The molecular formula is C11H22N2O. The molecule has 0 unspecified atom stereocenters. The average Bonchev–Trinajstić information content (AvgIpc) is 2.26. The Hall–Kier alpha value is -0.120. The van der Waals surface area contributed by atoms with Crippen LogP contribution in [0, 0.1) is 0 Å². The number of fused-ring (bicyclic) bond motifs is 1. The molecule has 2 saturated heterocycles. The summed E-state index contributed by atoms with van der Waals surface area (Å²) in [4.78, 5) is 2.61. The van der Waals surface area contributed by atoms with Crippen molar-refractivity contribution >= 4 is 0 Å². The minimum Gasteiger partial charge on any atom is -0.375 e. The maximum absolute atomic E-state index is 5.81. The van der Waals surface area contributed by atoms with Gasteiger partial charge in [-0.15, -0.1) is 0 Å². The molecule has 0 aromatic heterocycles. The first kappa shape index (κ1) is 10.4. The van der Waals surface area contributed by atoms with E-state index in [1.54, 1.807) is 0 Å². The Balaban J connectivity index is 1.88. The Bertz CT molecular complexity index is 173. The third kappa shape index (κ3) is 2.27. The van der Waals surface area contributed by atoms with Crippen molar-refractivity contribution in [1.29, 1.82) is 0 Å². The van der Waals surface area contributed by atoms with Gasteiger partial charge in [0.25, 0.3) is 0 Å². The molecular weight excluding hydrogens is 176 g/mol. The Morgan fingerprint density at radius 2 is 2.43 bits per heavy atom. The summed E-state index contributed by atoms with van der Waals surface area (Å²) in [5.41, 5.74) is 0. The summed E-state index contributed by atoms with van der Waals surface area (Å²) < 4.78 is 5.81. The molecule has 0 bridgehead atoms. The van der Waals surface area contributed by atoms with Gasteiger partial charge in [0, 0.05) is 19.1 Å². The van der Waals surface area contributed by atoms with Crippen LogP contribution in [0.5, 0.6) is 0 Å². The lowest BCUT2D eigenvalue weighted by atomic mass is 10.00. The molecule has 0 aliphatic carbocycles. The maximum Gasteiger partial charge on any atom is 0.0755 e. The van der Waals surface area contributed by atoms with Crippen molar-refractivity contribution in [3.63, 3.8) is 0 Å². The van der Waals surface area contributed by atoms with Crippen LogP contribution in [0.1, 0.15) is 26.2 Å². The lowest BCUT2D eigenvalue weighted by Crippen LogP contribution is -2.59. The van der Waals surface area contributed by atoms with Crippen LogP contribution in [-0.2, 0) is 4.74 Å². The van der Waals surface area contributed by atoms with Gasteiger partial charge in [0.15, 0.2) is 0 Å². The summed E-state index contributed by atoms with van der Waals surface area (Å²) in [5, 5.41) is 3.47. The molecule has 82 valence electrons. The van der Waals surface area contributed by atoms with Crippen molar-refractivity contribution in [1.82, 2.24) is 10.2 Å². The van der Waals surface area contributed by atoms with Crippen LogP contribution < -0.4 is 5.32 Å². The van der Waals surface area contributed by atoms with Gasteiger partial charge in [-0.05, 0) is 25.9 Å². The smallest absolute Gasteiger partial charge is 0.0755 e. The van der Waals surface area contributed by atoms with Crippen molar-refractivity contribution in [2.45, 2.75) is 38.3 Å². The number of rotatable bonds is 3. The highest BCUT2D eigenvalue weighted by atomic mass is 16.5. The Labute approximate surface area is 86.8 Å². The first-order valence-electron chi connectivity index (χ1n) is 5.98. The minimum atomic E-state index is 0.502. The van der Waals surface area contributed by atoms with Crippen molar-refractivity contribution in [2.75, 3.05) is 32.8 Å². The van der Waals surface area contributed by atoms with Crippen molar-refractivity contribution in [3.8, 4) is 0 Å². The molecule has 0 radical (unpaired) electrons. The molecule has 2 heterocycles.